The number of amides is 1. The van der Waals surface area contributed by atoms with Crippen LogP contribution in [0.15, 0.2) is 54.6 Å². The molecule has 5 nitrogen and oxygen atoms in total. The molecule has 24 heavy (non-hydrogen) atoms. The van der Waals surface area contributed by atoms with Crippen molar-refractivity contribution in [2.75, 3.05) is 19.0 Å². The number of fused-ring (bicyclic) bond motifs is 1. The summed E-state index contributed by atoms with van der Waals surface area (Å²) in [5.41, 5.74) is 1.80. The van der Waals surface area contributed by atoms with Gasteiger partial charge in [0.05, 0.1) is 19.2 Å². The van der Waals surface area contributed by atoms with Crippen LogP contribution in [-0.4, -0.2) is 24.6 Å². The monoisotopic (exact) mass is 322 g/mol. The number of rotatable bonds is 5. The van der Waals surface area contributed by atoms with Crippen LogP contribution in [0.1, 0.15) is 17.4 Å². The number of anilines is 1. The number of nitrogens with zero attached hydrogens (tertiary/aromatic N) is 1. The number of benzene rings is 2. The molecule has 0 aliphatic rings. The van der Waals surface area contributed by atoms with Crippen LogP contribution in [0, 0.1) is 0 Å². The lowest BCUT2D eigenvalue weighted by molar-refractivity contribution is 0.102. The maximum absolute atomic E-state index is 12.4. The Morgan fingerprint density at radius 2 is 1.79 bits per heavy atom. The van der Waals surface area contributed by atoms with Gasteiger partial charge in [0.1, 0.15) is 17.2 Å². The highest BCUT2D eigenvalue weighted by Gasteiger charge is 2.09. The Kier molecular flexibility index (Phi) is 4.61. The third-order valence-corrected chi connectivity index (χ3v) is 3.55. The second-order valence-electron chi connectivity index (χ2n) is 5.17. The number of hydrogen-bond donors (Lipinski definition) is 1. The quantitative estimate of drug-likeness (QED) is 0.774. The second kappa shape index (κ2) is 7.00. The van der Waals surface area contributed by atoms with E-state index in [-0.39, 0.29) is 5.91 Å². The fraction of sp³-hybridized carbons (Fsp3) is 0.158. The van der Waals surface area contributed by atoms with Crippen molar-refractivity contribution in [2.24, 2.45) is 0 Å². The Morgan fingerprint density at radius 1 is 1.04 bits per heavy atom. The fourth-order valence-corrected chi connectivity index (χ4v) is 2.35. The molecule has 1 aromatic heterocycles. The SMILES string of the molecule is CCOc1ccc(NC(=O)c2ccc3cc(OC)ccc3n2)cc1. The molecule has 0 unspecified atom stereocenters. The van der Waals surface area contributed by atoms with Crippen molar-refractivity contribution in [1.82, 2.24) is 4.98 Å². The summed E-state index contributed by atoms with van der Waals surface area (Å²) < 4.78 is 10.6. The van der Waals surface area contributed by atoms with Gasteiger partial charge in [0, 0.05) is 11.1 Å². The van der Waals surface area contributed by atoms with Crippen LogP contribution in [-0.2, 0) is 0 Å². The molecule has 1 heterocycles. The summed E-state index contributed by atoms with van der Waals surface area (Å²) >= 11 is 0. The molecule has 1 amide bonds. The van der Waals surface area contributed by atoms with E-state index in [0.717, 1.165) is 22.4 Å². The lowest BCUT2D eigenvalue weighted by Crippen LogP contribution is -2.13. The molecule has 3 rings (SSSR count). The van der Waals surface area contributed by atoms with Crippen molar-refractivity contribution in [3.63, 3.8) is 0 Å². The molecule has 0 radical (unpaired) electrons. The molecule has 0 atom stereocenters. The summed E-state index contributed by atoms with van der Waals surface area (Å²) in [6.07, 6.45) is 0. The van der Waals surface area contributed by atoms with E-state index in [1.54, 1.807) is 25.3 Å². The van der Waals surface area contributed by atoms with Gasteiger partial charge in [-0.1, -0.05) is 6.07 Å². The van der Waals surface area contributed by atoms with E-state index >= 15 is 0 Å². The summed E-state index contributed by atoms with van der Waals surface area (Å²) in [4.78, 5) is 16.8. The highest BCUT2D eigenvalue weighted by molar-refractivity contribution is 6.04. The normalized spacial score (nSPS) is 10.4. The molecule has 0 spiro atoms. The minimum atomic E-state index is -0.253. The van der Waals surface area contributed by atoms with Crippen LogP contribution in [0.5, 0.6) is 11.5 Å². The van der Waals surface area contributed by atoms with Crippen LogP contribution in [0.4, 0.5) is 5.69 Å². The van der Waals surface area contributed by atoms with Gasteiger partial charge in [0.25, 0.3) is 5.91 Å². The van der Waals surface area contributed by atoms with Gasteiger partial charge >= 0.3 is 0 Å². The van der Waals surface area contributed by atoms with Gasteiger partial charge in [0.2, 0.25) is 0 Å². The van der Waals surface area contributed by atoms with Crippen molar-refractivity contribution < 1.29 is 14.3 Å². The molecule has 0 saturated heterocycles. The molecular formula is C19H18N2O3. The average Bonchev–Trinajstić information content (AvgIpc) is 2.62. The molecule has 0 fully saturated rings. The van der Waals surface area contributed by atoms with Gasteiger partial charge in [-0.05, 0) is 55.5 Å². The minimum Gasteiger partial charge on any atom is -0.497 e. The van der Waals surface area contributed by atoms with Crippen molar-refractivity contribution in [3.8, 4) is 11.5 Å². The van der Waals surface area contributed by atoms with Crippen molar-refractivity contribution in [2.45, 2.75) is 6.92 Å². The minimum absolute atomic E-state index is 0.253. The largest absolute Gasteiger partial charge is 0.497 e. The molecule has 3 aromatic rings. The number of carbonyl (C=O) groups is 1. The number of nitrogens with one attached hydrogen (secondary N) is 1. The lowest BCUT2D eigenvalue weighted by Gasteiger charge is -2.08. The van der Waals surface area contributed by atoms with Crippen molar-refractivity contribution >= 4 is 22.5 Å². The smallest absolute Gasteiger partial charge is 0.274 e. The van der Waals surface area contributed by atoms with Crippen molar-refractivity contribution in [3.05, 3.63) is 60.3 Å². The Labute approximate surface area is 140 Å². The fourth-order valence-electron chi connectivity index (χ4n) is 2.35. The zero-order valence-electron chi connectivity index (χ0n) is 13.6. The third kappa shape index (κ3) is 3.46. The average molecular weight is 322 g/mol. The van der Waals surface area contributed by atoms with E-state index in [4.69, 9.17) is 9.47 Å². The summed E-state index contributed by atoms with van der Waals surface area (Å²) in [6, 6.07) is 16.3. The Hall–Kier alpha value is -3.08. The number of methoxy groups -OCH3 is 1. The van der Waals surface area contributed by atoms with Crippen LogP contribution in [0.3, 0.4) is 0 Å². The van der Waals surface area contributed by atoms with E-state index < -0.39 is 0 Å². The van der Waals surface area contributed by atoms with Gasteiger partial charge in [-0.25, -0.2) is 4.98 Å². The number of pyridine rings is 1. The topological polar surface area (TPSA) is 60.5 Å². The highest BCUT2D eigenvalue weighted by atomic mass is 16.5. The molecule has 0 aliphatic carbocycles. The van der Waals surface area contributed by atoms with E-state index in [1.807, 2.05) is 43.3 Å². The lowest BCUT2D eigenvalue weighted by atomic mass is 10.2. The first-order valence-electron chi connectivity index (χ1n) is 7.68. The molecular weight excluding hydrogens is 304 g/mol. The molecule has 0 saturated carbocycles. The van der Waals surface area contributed by atoms with Crippen LogP contribution < -0.4 is 14.8 Å². The molecule has 5 heteroatoms. The molecule has 2 aromatic carbocycles. The van der Waals surface area contributed by atoms with Crippen molar-refractivity contribution in [1.29, 1.82) is 0 Å². The van der Waals surface area contributed by atoms with Gasteiger partial charge in [-0.3, -0.25) is 4.79 Å². The first-order chi connectivity index (χ1) is 11.7. The first-order valence-corrected chi connectivity index (χ1v) is 7.68. The number of carbonyl (C=O) groups excluding carboxylic acids is 1. The second-order valence-corrected chi connectivity index (χ2v) is 5.17. The van der Waals surface area contributed by atoms with Crippen LogP contribution in [0.2, 0.25) is 0 Å². The van der Waals surface area contributed by atoms with Gasteiger partial charge in [0.15, 0.2) is 0 Å². The highest BCUT2D eigenvalue weighted by Crippen LogP contribution is 2.20. The van der Waals surface area contributed by atoms with Gasteiger partial charge in [-0.2, -0.15) is 0 Å². The summed E-state index contributed by atoms with van der Waals surface area (Å²) in [5.74, 6) is 1.28. The van der Waals surface area contributed by atoms with Gasteiger partial charge < -0.3 is 14.8 Å². The van der Waals surface area contributed by atoms with Gasteiger partial charge in [-0.15, -0.1) is 0 Å². The van der Waals surface area contributed by atoms with E-state index in [1.165, 1.54) is 0 Å². The summed E-state index contributed by atoms with van der Waals surface area (Å²) in [6.45, 7) is 2.54. The zero-order valence-corrected chi connectivity index (χ0v) is 13.6. The standard InChI is InChI=1S/C19H18N2O3/c1-3-24-15-7-5-14(6-8-15)20-19(22)18-10-4-13-12-16(23-2)9-11-17(13)21-18/h4-12H,3H2,1-2H3,(H,20,22). The summed E-state index contributed by atoms with van der Waals surface area (Å²) in [7, 11) is 1.62. The van der Waals surface area contributed by atoms with Crippen LogP contribution >= 0.6 is 0 Å². The van der Waals surface area contributed by atoms with E-state index in [0.29, 0.717) is 18.0 Å². The molecule has 122 valence electrons. The molecule has 1 N–H and O–H groups in total. The first kappa shape index (κ1) is 15.8. The Bertz CT molecular complexity index is 860. The maximum Gasteiger partial charge on any atom is 0.274 e. The number of ether oxygens (including phenoxy) is 2. The number of hydrogen-bond acceptors (Lipinski definition) is 4. The van der Waals surface area contributed by atoms with E-state index in [2.05, 4.69) is 10.3 Å². The van der Waals surface area contributed by atoms with E-state index in [9.17, 15) is 4.79 Å². The maximum atomic E-state index is 12.4. The molecule has 0 aliphatic heterocycles. The van der Waals surface area contributed by atoms with Crippen LogP contribution in [0.25, 0.3) is 10.9 Å². The number of aromatic nitrogens is 1. The summed E-state index contributed by atoms with van der Waals surface area (Å²) in [5, 5.41) is 3.76. The third-order valence-electron chi connectivity index (χ3n) is 3.55. The Balaban J connectivity index is 1.78. The molecule has 0 bridgehead atoms. The zero-order chi connectivity index (χ0) is 16.9. The Morgan fingerprint density at radius 3 is 2.50 bits per heavy atom. The predicted molar refractivity (Wildman–Crippen MR) is 93.9 cm³/mol. The predicted octanol–water partition coefficient (Wildman–Crippen LogP) is 3.89.